The molecule has 5 nitrogen and oxygen atoms in total. The van der Waals surface area contributed by atoms with Gasteiger partial charge in [-0.25, -0.2) is 9.97 Å². The van der Waals surface area contributed by atoms with Gasteiger partial charge in [0.25, 0.3) is 0 Å². The first-order valence-corrected chi connectivity index (χ1v) is 8.54. The minimum Gasteiger partial charge on any atom is -0.390 e. The second-order valence-electron chi connectivity index (χ2n) is 6.40. The number of halogens is 1. The summed E-state index contributed by atoms with van der Waals surface area (Å²) in [5.74, 6) is 1.54. The third-order valence-corrected chi connectivity index (χ3v) is 4.68. The lowest BCUT2D eigenvalue weighted by Crippen LogP contribution is -2.40. The van der Waals surface area contributed by atoms with Gasteiger partial charge in [-0.3, -0.25) is 0 Å². The van der Waals surface area contributed by atoms with E-state index in [2.05, 4.69) is 27.1 Å². The Hall–Kier alpha value is -1.43. The number of hydrogen-bond donors (Lipinski definition) is 2. The first-order chi connectivity index (χ1) is 11.1. The van der Waals surface area contributed by atoms with Crippen LogP contribution in [0.2, 0.25) is 5.02 Å². The summed E-state index contributed by atoms with van der Waals surface area (Å²) < 4.78 is 0. The zero-order chi connectivity index (χ0) is 16.2. The highest BCUT2D eigenvalue weighted by molar-refractivity contribution is 6.31. The molecule has 1 unspecified atom stereocenters. The Labute approximate surface area is 141 Å². The molecule has 1 aromatic carbocycles. The first-order valence-electron chi connectivity index (χ1n) is 8.16. The Morgan fingerprint density at radius 3 is 2.91 bits per heavy atom. The summed E-state index contributed by atoms with van der Waals surface area (Å²) in [7, 11) is 0. The predicted molar refractivity (Wildman–Crippen MR) is 93.9 cm³/mol. The zero-order valence-corrected chi connectivity index (χ0v) is 14.1. The fraction of sp³-hybridized carbons (Fsp3) is 0.529. The van der Waals surface area contributed by atoms with Crippen LogP contribution < -0.4 is 5.32 Å². The van der Waals surface area contributed by atoms with Gasteiger partial charge in [-0.05, 0) is 50.0 Å². The number of fused-ring (bicyclic) bond motifs is 1. The molecule has 1 aliphatic rings. The number of likely N-dealkylation sites (tertiary alicyclic amines) is 1. The van der Waals surface area contributed by atoms with E-state index in [9.17, 15) is 5.11 Å². The van der Waals surface area contributed by atoms with Crippen molar-refractivity contribution in [3.05, 3.63) is 29.5 Å². The number of hydrogen-bond acceptors (Lipinski definition) is 5. The average Bonchev–Trinajstić information content (AvgIpc) is 2.54. The van der Waals surface area contributed by atoms with Crippen LogP contribution >= 0.6 is 11.6 Å². The van der Waals surface area contributed by atoms with Crippen LogP contribution in [0, 0.1) is 5.92 Å². The molecule has 0 bridgehead atoms. The molecule has 0 spiro atoms. The Morgan fingerprint density at radius 2 is 2.13 bits per heavy atom. The van der Waals surface area contributed by atoms with Gasteiger partial charge in [0.1, 0.15) is 12.1 Å². The van der Waals surface area contributed by atoms with E-state index in [-0.39, 0.29) is 0 Å². The van der Waals surface area contributed by atoms with Crippen LogP contribution in [0.1, 0.15) is 19.8 Å². The molecule has 1 saturated heterocycles. The average molecular weight is 335 g/mol. The van der Waals surface area contributed by atoms with Crippen molar-refractivity contribution >= 4 is 28.3 Å². The van der Waals surface area contributed by atoms with Gasteiger partial charge in [-0.2, -0.15) is 0 Å². The van der Waals surface area contributed by atoms with Gasteiger partial charge in [-0.15, -0.1) is 0 Å². The lowest BCUT2D eigenvalue weighted by Gasteiger charge is -2.31. The maximum absolute atomic E-state index is 10.3. The smallest absolute Gasteiger partial charge is 0.137 e. The molecule has 2 heterocycles. The fourth-order valence-corrected chi connectivity index (χ4v) is 3.16. The summed E-state index contributed by atoms with van der Waals surface area (Å²) in [6.07, 6.45) is 3.54. The van der Waals surface area contributed by atoms with Gasteiger partial charge in [0.05, 0.1) is 11.6 Å². The fourth-order valence-electron chi connectivity index (χ4n) is 2.99. The SMILES string of the molecule is CC1CCN(CC(O)CNc2ncnc3cc(Cl)ccc23)CC1. The maximum Gasteiger partial charge on any atom is 0.137 e. The number of aliphatic hydroxyl groups is 1. The van der Waals surface area contributed by atoms with Crippen molar-refractivity contribution in [1.82, 2.24) is 14.9 Å². The molecule has 23 heavy (non-hydrogen) atoms. The summed E-state index contributed by atoms with van der Waals surface area (Å²) in [5.41, 5.74) is 0.800. The van der Waals surface area contributed by atoms with Gasteiger partial charge in [0.15, 0.2) is 0 Å². The van der Waals surface area contributed by atoms with E-state index in [0.29, 0.717) is 18.1 Å². The van der Waals surface area contributed by atoms with Crippen LogP contribution in [0.5, 0.6) is 0 Å². The number of piperidine rings is 1. The minimum atomic E-state index is -0.416. The molecular formula is C17H23ClN4O. The van der Waals surface area contributed by atoms with E-state index >= 15 is 0 Å². The van der Waals surface area contributed by atoms with Crippen molar-refractivity contribution in [2.24, 2.45) is 5.92 Å². The zero-order valence-electron chi connectivity index (χ0n) is 13.4. The van der Waals surface area contributed by atoms with Crippen LogP contribution in [0.4, 0.5) is 5.82 Å². The number of aliphatic hydroxyl groups excluding tert-OH is 1. The normalized spacial score (nSPS) is 18.2. The largest absolute Gasteiger partial charge is 0.390 e. The number of nitrogens with zero attached hydrogens (tertiary/aromatic N) is 3. The molecule has 1 aliphatic heterocycles. The Balaban J connectivity index is 1.57. The van der Waals surface area contributed by atoms with Crippen LogP contribution in [0.25, 0.3) is 10.9 Å². The second-order valence-corrected chi connectivity index (χ2v) is 6.84. The molecular weight excluding hydrogens is 312 g/mol. The van der Waals surface area contributed by atoms with Crippen molar-refractivity contribution in [2.75, 3.05) is 31.5 Å². The van der Waals surface area contributed by atoms with Gasteiger partial charge in [-0.1, -0.05) is 18.5 Å². The number of rotatable bonds is 5. The van der Waals surface area contributed by atoms with E-state index < -0.39 is 6.10 Å². The van der Waals surface area contributed by atoms with Gasteiger partial charge in [0.2, 0.25) is 0 Å². The minimum absolute atomic E-state index is 0.416. The third kappa shape index (κ3) is 4.31. The van der Waals surface area contributed by atoms with Crippen molar-refractivity contribution in [3.8, 4) is 0 Å². The quantitative estimate of drug-likeness (QED) is 0.880. The molecule has 2 N–H and O–H groups in total. The van der Waals surface area contributed by atoms with Crippen LogP contribution in [-0.4, -0.2) is 52.3 Å². The summed E-state index contributed by atoms with van der Waals surface area (Å²) in [5, 5.41) is 15.1. The van der Waals surface area contributed by atoms with Crippen LogP contribution in [0.15, 0.2) is 24.5 Å². The van der Waals surface area contributed by atoms with Gasteiger partial charge < -0.3 is 15.3 Å². The maximum atomic E-state index is 10.3. The number of nitrogens with one attached hydrogen (secondary N) is 1. The summed E-state index contributed by atoms with van der Waals surface area (Å²) in [6, 6.07) is 5.54. The molecule has 0 aliphatic carbocycles. The number of anilines is 1. The Morgan fingerprint density at radius 1 is 1.35 bits per heavy atom. The van der Waals surface area contributed by atoms with Gasteiger partial charge >= 0.3 is 0 Å². The van der Waals surface area contributed by atoms with E-state index in [0.717, 1.165) is 35.7 Å². The monoisotopic (exact) mass is 334 g/mol. The molecule has 1 atom stereocenters. The highest BCUT2D eigenvalue weighted by Gasteiger charge is 2.18. The van der Waals surface area contributed by atoms with Crippen molar-refractivity contribution in [2.45, 2.75) is 25.9 Å². The summed E-state index contributed by atoms with van der Waals surface area (Å²) in [4.78, 5) is 10.8. The second kappa shape index (κ2) is 7.43. The third-order valence-electron chi connectivity index (χ3n) is 4.45. The van der Waals surface area contributed by atoms with E-state index in [1.54, 1.807) is 0 Å². The molecule has 6 heteroatoms. The van der Waals surface area contributed by atoms with Crippen LogP contribution in [-0.2, 0) is 0 Å². The Kier molecular flexibility index (Phi) is 5.30. The standard InChI is InChI=1S/C17H23ClN4O/c1-12-4-6-22(7-5-12)10-14(23)9-19-17-15-3-2-13(18)8-16(15)20-11-21-17/h2-3,8,11-12,14,23H,4-7,9-10H2,1H3,(H,19,20,21). The molecule has 1 aromatic heterocycles. The summed E-state index contributed by atoms with van der Waals surface area (Å²) in [6.45, 7) is 5.62. The van der Waals surface area contributed by atoms with Crippen LogP contribution in [0.3, 0.4) is 0 Å². The molecule has 124 valence electrons. The first kappa shape index (κ1) is 16.4. The highest BCUT2D eigenvalue weighted by atomic mass is 35.5. The lowest BCUT2D eigenvalue weighted by atomic mass is 9.99. The predicted octanol–water partition coefficient (Wildman–Crippen LogP) is 2.79. The molecule has 2 aromatic rings. The van der Waals surface area contributed by atoms with Crippen molar-refractivity contribution in [3.63, 3.8) is 0 Å². The Bertz CT molecular complexity index is 658. The van der Waals surface area contributed by atoms with Crippen molar-refractivity contribution < 1.29 is 5.11 Å². The molecule has 0 radical (unpaired) electrons. The molecule has 1 fully saturated rings. The van der Waals surface area contributed by atoms with Gasteiger partial charge in [0, 0.05) is 23.5 Å². The van der Waals surface area contributed by atoms with E-state index in [1.165, 1.54) is 19.2 Å². The number of benzene rings is 1. The molecule has 0 saturated carbocycles. The highest BCUT2D eigenvalue weighted by Crippen LogP contribution is 2.22. The number of β-amino-alcohol motifs (C(OH)–C–C–N with tert-alkyl or cyclic N) is 1. The lowest BCUT2D eigenvalue weighted by molar-refractivity contribution is 0.0990. The topological polar surface area (TPSA) is 61.3 Å². The van der Waals surface area contributed by atoms with Crippen molar-refractivity contribution in [1.29, 1.82) is 0 Å². The molecule has 0 amide bonds. The molecule has 3 rings (SSSR count). The van der Waals surface area contributed by atoms with E-state index in [1.807, 2.05) is 18.2 Å². The summed E-state index contributed by atoms with van der Waals surface area (Å²) >= 11 is 5.99. The van der Waals surface area contributed by atoms with E-state index in [4.69, 9.17) is 11.6 Å². The number of aromatic nitrogens is 2.